The summed E-state index contributed by atoms with van der Waals surface area (Å²) in [5.74, 6) is -2.76. The number of pyridine rings is 1. The molecule has 0 aromatic carbocycles. The second-order valence-electron chi connectivity index (χ2n) is 7.16. The Bertz CT molecular complexity index is 1040. The number of allylic oxidation sites excluding steroid dienone is 3. The molecule has 2 atom stereocenters. The van der Waals surface area contributed by atoms with E-state index in [1.807, 2.05) is 0 Å². The number of carbonyl (C=O) groups is 1. The molecule has 0 fully saturated rings. The molecule has 1 aromatic rings. The molecule has 0 bridgehead atoms. The molecule has 0 aliphatic carbocycles. The molecular weight excluding hydrogens is 477 g/mol. The highest BCUT2D eigenvalue weighted by molar-refractivity contribution is 6.36. The third-order valence-electron chi connectivity index (χ3n) is 4.56. The molecule has 0 saturated carbocycles. The lowest BCUT2D eigenvalue weighted by Gasteiger charge is -2.40. The van der Waals surface area contributed by atoms with E-state index in [0.717, 1.165) is 19.1 Å². The van der Waals surface area contributed by atoms with Gasteiger partial charge < -0.3 is 15.8 Å². The van der Waals surface area contributed by atoms with E-state index in [1.54, 1.807) is 0 Å². The first-order valence-corrected chi connectivity index (χ1v) is 9.65. The number of rotatable bonds is 5. The van der Waals surface area contributed by atoms with Crippen LogP contribution in [-0.4, -0.2) is 41.8 Å². The van der Waals surface area contributed by atoms with Gasteiger partial charge in [0.1, 0.15) is 34.4 Å². The number of ether oxygens (including phenoxy) is 1. The molecule has 0 radical (unpaired) electrons. The number of alkyl halides is 3. The average molecular weight is 496 g/mol. The van der Waals surface area contributed by atoms with E-state index >= 15 is 0 Å². The lowest BCUT2D eigenvalue weighted by atomic mass is 9.93. The van der Waals surface area contributed by atoms with Crippen LogP contribution in [0, 0.1) is 5.82 Å². The SMILES string of the molecule is C=N/C(C(=O)Nc1ccc(F)c([C@]2(C)CO[C@@](C)(C(F)(F)F)C(N)=N2)n1)=C(Cl)\C=C(/C)Cl. The summed E-state index contributed by atoms with van der Waals surface area (Å²) in [5, 5.41) is 2.53. The normalized spacial score (nSPS) is 25.0. The maximum Gasteiger partial charge on any atom is 0.424 e. The minimum atomic E-state index is -4.83. The number of carbonyl (C=O) groups excluding carboxylic acids is 1. The van der Waals surface area contributed by atoms with E-state index < -0.39 is 41.5 Å². The molecule has 0 saturated heterocycles. The van der Waals surface area contributed by atoms with Crippen LogP contribution < -0.4 is 11.1 Å². The molecule has 32 heavy (non-hydrogen) atoms. The number of nitrogens with two attached hydrogens (primary N) is 1. The summed E-state index contributed by atoms with van der Waals surface area (Å²) in [5.41, 5.74) is 0.357. The van der Waals surface area contributed by atoms with Crippen LogP contribution in [0.5, 0.6) is 0 Å². The zero-order valence-corrected chi connectivity index (χ0v) is 18.7. The smallest absolute Gasteiger partial charge is 0.385 e. The van der Waals surface area contributed by atoms with Gasteiger partial charge in [-0.05, 0) is 45.7 Å². The Morgan fingerprint density at radius 3 is 2.50 bits per heavy atom. The number of hydrogen-bond donors (Lipinski definition) is 2. The fraction of sp³-hybridized carbons (Fsp3) is 0.368. The molecule has 0 unspecified atom stereocenters. The van der Waals surface area contributed by atoms with Gasteiger partial charge in [0.05, 0.1) is 11.6 Å². The van der Waals surface area contributed by atoms with Crippen LogP contribution in [0.3, 0.4) is 0 Å². The van der Waals surface area contributed by atoms with Crippen LogP contribution in [0.25, 0.3) is 0 Å². The Labute approximate surface area is 191 Å². The van der Waals surface area contributed by atoms with Crippen molar-refractivity contribution < 1.29 is 27.1 Å². The first-order chi connectivity index (χ1) is 14.6. The Morgan fingerprint density at radius 1 is 1.38 bits per heavy atom. The van der Waals surface area contributed by atoms with E-state index in [0.29, 0.717) is 0 Å². The standard InChI is InChI=1S/C19H19Cl2F4N5O2/c1-9(20)7-10(21)13(27-4)15(31)29-12-6-5-11(22)14(28-12)17(2)8-32-18(3,16(26)30-17)19(23,24)25/h5-7H,4,8H2,1-3H3,(H2,26,30)(H,28,29,31)/b9-7+,13-10+/t17-,18+/m0/s1. The van der Waals surface area contributed by atoms with Gasteiger partial charge >= 0.3 is 6.18 Å². The molecule has 13 heteroatoms. The third-order valence-corrected chi connectivity index (χ3v) is 4.96. The van der Waals surface area contributed by atoms with Crippen LogP contribution >= 0.6 is 23.2 Å². The highest BCUT2D eigenvalue weighted by atomic mass is 35.5. The van der Waals surface area contributed by atoms with E-state index in [4.69, 9.17) is 33.7 Å². The first-order valence-electron chi connectivity index (χ1n) is 8.90. The summed E-state index contributed by atoms with van der Waals surface area (Å²) >= 11 is 11.7. The predicted molar refractivity (Wildman–Crippen MR) is 114 cm³/mol. The van der Waals surface area contributed by atoms with Gasteiger partial charge in [0, 0.05) is 5.03 Å². The van der Waals surface area contributed by atoms with Gasteiger partial charge in [0.15, 0.2) is 0 Å². The second-order valence-corrected chi connectivity index (χ2v) is 8.16. The number of halogens is 6. The van der Waals surface area contributed by atoms with Crippen molar-refractivity contribution in [2.24, 2.45) is 15.7 Å². The Morgan fingerprint density at radius 2 is 2.00 bits per heavy atom. The Balaban J connectivity index is 2.43. The molecule has 1 aromatic heterocycles. The van der Waals surface area contributed by atoms with Gasteiger partial charge in [-0.3, -0.25) is 14.8 Å². The number of aromatic nitrogens is 1. The van der Waals surface area contributed by atoms with Crippen molar-refractivity contribution >= 4 is 47.5 Å². The van der Waals surface area contributed by atoms with Crippen LogP contribution in [0.1, 0.15) is 26.5 Å². The van der Waals surface area contributed by atoms with Crippen molar-refractivity contribution in [1.29, 1.82) is 0 Å². The fourth-order valence-corrected chi connectivity index (χ4v) is 3.15. The highest BCUT2D eigenvalue weighted by Crippen LogP contribution is 2.41. The highest BCUT2D eigenvalue weighted by Gasteiger charge is 2.59. The third kappa shape index (κ3) is 5.11. The molecule has 1 aliphatic rings. The molecule has 7 nitrogen and oxygen atoms in total. The minimum absolute atomic E-state index is 0.108. The van der Waals surface area contributed by atoms with Gasteiger partial charge in [-0.1, -0.05) is 23.2 Å². The quantitative estimate of drug-likeness (QED) is 0.274. The topological polar surface area (TPSA) is 102 Å². The Kier molecular flexibility index (Phi) is 7.38. The average Bonchev–Trinajstić information content (AvgIpc) is 2.65. The number of aliphatic imine (C=N–C) groups is 2. The fourth-order valence-electron chi connectivity index (χ4n) is 2.68. The van der Waals surface area contributed by atoms with Crippen molar-refractivity contribution in [3.63, 3.8) is 0 Å². The number of amidine groups is 1. The van der Waals surface area contributed by atoms with Crippen LogP contribution in [0.15, 0.2) is 44.0 Å². The first kappa shape index (κ1) is 25.8. The van der Waals surface area contributed by atoms with Crippen LogP contribution in [0.2, 0.25) is 0 Å². The van der Waals surface area contributed by atoms with E-state index in [2.05, 4.69) is 27.0 Å². The molecule has 1 amide bonds. The maximum atomic E-state index is 14.5. The lowest BCUT2D eigenvalue weighted by molar-refractivity contribution is -0.249. The number of nitrogens with zero attached hydrogens (tertiary/aromatic N) is 3. The number of hydrogen-bond acceptors (Lipinski definition) is 6. The maximum absolute atomic E-state index is 14.5. The van der Waals surface area contributed by atoms with Crippen molar-refractivity contribution in [2.45, 2.75) is 38.1 Å². The molecule has 3 N–H and O–H groups in total. The minimum Gasteiger partial charge on any atom is -0.385 e. The number of amides is 1. The number of anilines is 1. The summed E-state index contributed by atoms with van der Waals surface area (Å²) in [6.45, 7) is 6.15. The van der Waals surface area contributed by atoms with Gasteiger partial charge in [-0.25, -0.2) is 9.37 Å². The van der Waals surface area contributed by atoms with Crippen molar-refractivity contribution in [3.8, 4) is 0 Å². The second kappa shape index (κ2) is 9.16. The molecule has 174 valence electrons. The van der Waals surface area contributed by atoms with Crippen molar-refractivity contribution in [2.75, 3.05) is 11.9 Å². The van der Waals surface area contributed by atoms with Gasteiger partial charge in [-0.15, -0.1) is 0 Å². The predicted octanol–water partition coefficient (Wildman–Crippen LogP) is 4.38. The molecular formula is C19H19Cl2F4N5O2. The van der Waals surface area contributed by atoms with Crippen molar-refractivity contribution in [1.82, 2.24) is 4.98 Å². The largest absolute Gasteiger partial charge is 0.424 e. The summed E-state index contributed by atoms with van der Waals surface area (Å²) < 4.78 is 59.4. The lowest BCUT2D eigenvalue weighted by Crippen LogP contribution is -2.60. The number of nitrogens with one attached hydrogen (secondary N) is 1. The van der Waals surface area contributed by atoms with Crippen LogP contribution in [0.4, 0.5) is 23.4 Å². The monoisotopic (exact) mass is 495 g/mol. The zero-order valence-electron chi connectivity index (χ0n) is 17.1. The molecule has 1 aliphatic heterocycles. The Hall–Kier alpha value is -2.50. The van der Waals surface area contributed by atoms with Crippen molar-refractivity contribution in [3.05, 3.63) is 45.5 Å². The van der Waals surface area contributed by atoms with Gasteiger partial charge in [0.25, 0.3) is 5.91 Å². The van der Waals surface area contributed by atoms with E-state index in [-0.39, 0.29) is 27.3 Å². The van der Waals surface area contributed by atoms with Gasteiger partial charge in [0.2, 0.25) is 5.60 Å². The summed E-state index contributed by atoms with van der Waals surface area (Å²) in [4.78, 5) is 23.9. The van der Waals surface area contributed by atoms with Crippen LogP contribution in [-0.2, 0) is 15.1 Å². The molecule has 2 heterocycles. The molecule has 0 spiro atoms. The van der Waals surface area contributed by atoms with Gasteiger partial charge in [-0.2, -0.15) is 13.2 Å². The summed E-state index contributed by atoms with van der Waals surface area (Å²) in [6, 6.07) is 2.09. The summed E-state index contributed by atoms with van der Waals surface area (Å²) in [7, 11) is 0. The zero-order chi connectivity index (χ0) is 24.5. The summed E-state index contributed by atoms with van der Waals surface area (Å²) in [6.07, 6.45) is -3.56. The van der Waals surface area contributed by atoms with E-state index in [9.17, 15) is 22.4 Å². The van der Waals surface area contributed by atoms with E-state index in [1.165, 1.54) is 19.9 Å². The molecule has 2 rings (SSSR count).